The summed E-state index contributed by atoms with van der Waals surface area (Å²) in [6, 6.07) is 19.2. The van der Waals surface area contributed by atoms with Crippen molar-refractivity contribution in [2.75, 3.05) is 20.8 Å². The number of hydrogen-bond donors (Lipinski definition) is 1. The molecule has 1 unspecified atom stereocenters. The van der Waals surface area contributed by atoms with Crippen LogP contribution in [-0.2, 0) is 11.2 Å². The molecule has 4 rings (SSSR count). The van der Waals surface area contributed by atoms with Gasteiger partial charge in [0.25, 0.3) is 0 Å². The largest absolute Gasteiger partial charge is 0.494 e. The van der Waals surface area contributed by atoms with Gasteiger partial charge in [0, 0.05) is 22.9 Å². The third kappa shape index (κ3) is 7.05. The van der Waals surface area contributed by atoms with Gasteiger partial charge in [-0.2, -0.15) is 0 Å². The van der Waals surface area contributed by atoms with Crippen LogP contribution in [0, 0.1) is 0 Å². The van der Waals surface area contributed by atoms with Crippen molar-refractivity contribution >= 4 is 17.5 Å². The van der Waals surface area contributed by atoms with Gasteiger partial charge < -0.3 is 19.3 Å². The molecule has 0 saturated heterocycles. The molecular weight excluding hydrogens is 498 g/mol. The SMILES string of the molecule is COc1ccc(CC/C=C2/C(=O)C(Sc3ccncc3)=CC2(O)CCCCOc2ccccc2)cc1OC. The highest BCUT2D eigenvalue weighted by Crippen LogP contribution is 2.42. The number of ether oxygens (including phenoxy) is 3. The molecule has 0 saturated carbocycles. The summed E-state index contributed by atoms with van der Waals surface area (Å²) in [5, 5.41) is 11.7. The minimum atomic E-state index is -1.31. The molecule has 38 heavy (non-hydrogen) atoms. The van der Waals surface area contributed by atoms with Crippen molar-refractivity contribution in [2.45, 2.75) is 42.6 Å². The van der Waals surface area contributed by atoms with Crippen LogP contribution in [0.2, 0.25) is 0 Å². The summed E-state index contributed by atoms with van der Waals surface area (Å²) in [6.07, 6.45) is 10.2. The fourth-order valence-electron chi connectivity index (χ4n) is 4.40. The molecule has 0 spiro atoms. The van der Waals surface area contributed by atoms with Crippen molar-refractivity contribution in [3.8, 4) is 17.2 Å². The molecule has 7 heteroatoms. The van der Waals surface area contributed by atoms with E-state index in [1.54, 1.807) is 32.7 Å². The second kappa shape index (κ2) is 13.3. The first-order valence-corrected chi connectivity index (χ1v) is 13.5. The summed E-state index contributed by atoms with van der Waals surface area (Å²) in [5.41, 5.74) is 0.195. The lowest BCUT2D eigenvalue weighted by molar-refractivity contribution is -0.112. The first kappa shape index (κ1) is 27.5. The van der Waals surface area contributed by atoms with Crippen molar-refractivity contribution in [3.63, 3.8) is 0 Å². The number of Topliss-reactive ketones (excluding diaryl/α,β-unsaturated/α-hetero) is 1. The third-order valence-corrected chi connectivity index (χ3v) is 7.41. The second-order valence-corrected chi connectivity index (χ2v) is 10.1. The number of aryl methyl sites for hydroxylation is 1. The molecule has 198 valence electrons. The maximum absolute atomic E-state index is 13.4. The molecule has 1 heterocycles. The van der Waals surface area contributed by atoms with E-state index in [1.807, 2.05) is 66.7 Å². The molecule has 0 radical (unpaired) electrons. The number of para-hydroxylation sites is 1. The Kier molecular flexibility index (Phi) is 9.62. The molecule has 6 nitrogen and oxygen atoms in total. The summed E-state index contributed by atoms with van der Waals surface area (Å²) >= 11 is 1.36. The van der Waals surface area contributed by atoms with Crippen LogP contribution in [0.4, 0.5) is 0 Å². The van der Waals surface area contributed by atoms with Gasteiger partial charge in [0.2, 0.25) is 0 Å². The van der Waals surface area contributed by atoms with Gasteiger partial charge in [-0.15, -0.1) is 0 Å². The molecule has 3 aromatic rings. The molecule has 0 aliphatic heterocycles. The average Bonchev–Trinajstić information content (AvgIpc) is 3.18. The number of allylic oxidation sites excluding steroid dienone is 2. The van der Waals surface area contributed by atoms with E-state index in [1.165, 1.54) is 11.8 Å². The molecule has 1 N–H and O–H groups in total. The Morgan fingerprint density at radius 3 is 2.47 bits per heavy atom. The quantitative estimate of drug-likeness (QED) is 0.208. The van der Waals surface area contributed by atoms with Crippen LogP contribution in [0.1, 0.15) is 31.2 Å². The summed E-state index contributed by atoms with van der Waals surface area (Å²) in [6.45, 7) is 0.550. The lowest BCUT2D eigenvalue weighted by atomic mass is 9.89. The van der Waals surface area contributed by atoms with Crippen molar-refractivity contribution in [2.24, 2.45) is 0 Å². The molecule has 2 aromatic carbocycles. The van der Waals surface area contributed by atoms with E-state index in [0.717, 1.165) is 22.6 Å². The summed E-state index contributed by atoms with van der Waals surface area (Å²) in [4.78, 5) is 18.9. The Morgan fingerprint density at radius 2 is 1.74 bits per heavy atom. The fraction of sp³-hybridized carbons (Fsp3) is 0.290. The Hall–Kier alpha value is -3.55. The highest BCUT2D eigenvalue weighted by Gasteiger charge is 2.41. The molecule has 1 aliphatic carbocycles. The highest BCUT2D eigenvalue weighted by atomic mass is 32.2. The number of aromatic nitrogens is 1. The maximum Gasteiger partial charge on any atom is 0.198 e. The number of aliphatic hydroxyl groups is 1. The van der Waals surface area contributed by atoms with Gasteiger partial charge in [-0.3, -0.25) is 9.78 Å². The number of unbranched alkanes of at least 4 members (excludes halogenated alkanes) is 1. The van der Waals surface area contributed by atoms with Crippen LogP contribution in [0.5, 0.6) is 17.2 Å². The minimum absolute atomic E-state index is 0.123. The van der Waals surface area contributed by atoms with Crippen molar-refractivity contribution < 1.29 is 24.1 Å². The molecule has 0 fully saturated rings. The number of thioether (sulfide) groups is 1. The van der Waals surface area contributed by atoms with Crippen LogP contribution in [0.3, 0.4) is 0 Å². The Balaban J connectivity index is 1.44. The van der Waals surface area contributed by atoms with Crippen molar-refractivity contribution in [3.05, 3.63) is 101 Å². The number of carbonyl (C=O) groups is 1. The highest BCUT2D eigenvalue weighted by molar-refractivity contribution is 8.04. The van der Waals surface area contributed by atoms with Crippen molar-refractivity contribution in [1.29, 1.82) is 0 Å². The second-order valence-electron chi connectivity index (χ2n) is 9.01. The van der Waals surface area contributed by atoms with E-state index in [2.05, 4.69) is 4.98 Å². The maximum atomic E-state index is 13.4. The summed E-state index contributed by atoms with van der Waals surface area (Å²) in [5.74, 6) is 2.05. The zero-order chi connectivity index (χ0) is 26.8. The van der Waals surface area contributed by atoms with E-state index >= 15 is 0 Å². The topological polar surface area (TPSA) is 77.9 Å². The van der Waals surface area contributed by atoms with Crippen LogP contribution in [0.25, 0.3) is 0 Å². The number of ketones is 1. The van der Waals surface area contributed by atoms with E-state index in [-0.39, 0.29) is 5.78 Å². The van der Waals surface area contributed by atoms with E-state index < -0.39 is 5.60 Å². The van der Waals surface area contributed by atoms with Crippen LogP contribution >= 0.6 is 11.8 Å². The molecule has 1 aliphatic rings. The lowest BCUT2D eigenvalue weighted by Gasteiger charge is -2.22. The van der Waals surface area contributed by atoms with Gasteiger partial charge in [-0.05, 0) is 80.1 Å². The smallest absolute Gasteiger partial charge is 0.198 e. The van der Waals surface area contributed by atoms with E-state index in [4.69, 9.17) is 14.2 Å². The number of carbonyl (C=O) groups excluding carboxylic acids is 1. The molecule has 1 aromatic heterocycles. The summed E-state index contributed by atoms with van der Waals surface area (Å²) < 4.78 is 16.5. The average molecular weight is 532 g/mol. The predicted octanol–water partition coefficient (Wildman–Crippen LogP) is 6.20. The van der Waals surface area contributed by atoms with Gasteiger partial charge in [-0.1, -0.05) is 42.1 Å². The first-order valence-electron chi connectivity index (χ1n) is 12.7. The Morgan fingerprint density at radius 1 is 0.974 bits per heavy atom. The number of methoxy groups -OCH3 is 2. The zero-order valence-corrected chi connectivity index (χ0v) is 22.6. The minimum Gasteiger partial charge on any atom is -0.494 e. The number of nitrogens with zero attached hydrogens (tertiary/aromatic N) is 1. The first-order chi connectivity index (χ1) is 18.5. The lowest BCUT2D eigenvalue weighted by Crippen LogP contribution is -2.28. The normalized spacial score (nSPS) is 17.9. The monoisotopic (exact) mass is 531 g/mol. The summed E-state index contributed by atoms with van der Waals surface area (Å²) in [7, 11) is 3.22. The van der Waals surface area contributed by atoms with Gasteiger partial charge >= 0.3 is 0 Å². The number of benzene rings is 2. The zero-order valence-electron chi connectivity index (χ0n) is 21.8. The van der Waals surface area contributed by atoms with E-state index in [9.17, 15) is 9.90 Å². The van der Waals surface area contributed by atoms with Gasteiger partial charge in [0.05, 0.1) is 25.7 Å². The van der Waals surface area contributed by atoms with E-state index in [0.29, 0.717) is 54.3 Å². The number of rotatable bonds is 13. The third-order valence-electron chi connectivity index (χ3n) is 6.38. The van der Waals surface area contributed by atoms with Crippen LogP contribution in [0.15, 0.2) is 101 Å². The van der Waals surface area contributed by atoms with Gasteiger partial charge in [0.15, 0.2) is 17.3 Å². The van der Waals surface area contributed by atoms with Crippen LogP contribution in [-0.4, -0.2) is 42.3 Å². The Labute approximate surface area is 228 Å². The number of pyridine rings is 1. The molecular formula is C31H33NO5S. The fourth-order valence-corrected chi connectivity index (χ4v) is 5.37. The predicted molar refractivity (Wildman–Crippen MR) is 150 cm³/mol. The molecule has 1 atom stereocenters. The standard InChI is InChI=1S/C31H33NO5S/c1-35-27-14-13-23(21-28(27)36-2)9-8-12-26-30(33)29(38-25-15-18-32-19-16-25)22-31(26,34)17-6-7-20-37-24-10-4-3-5-11-24/h3-5,10-16,18-19,21-22,34H,6-9,17,20H2,1-2H3/b26-12-. The van der Waals surface area contributed by atoms with Crippen LogP contribution < -0.4 is 14.2 Å². The van der Waals surface area contributed by atoms with Gasteiger partial charge in [-0.25, -0.2) is 0 Å². The Bertz CT molecular complexity index is 1280. The number of hydrogen-bond acceptors (Lipinski definition) is 7. The molecule has 0 amide bonds. The molecule has 0 bridgehead atoms. The van der Waals surface area contributed by atoms with Crippen molar-refractivity contribution in [1.82, 2.24) is 4.98 Å². The van der Waals surface area contributed by atoms with Gasteiger partial charge in [0.1, 0.15) is 11.4 Å².